The Labute approximate surface area is 100 Å². The van der Waals surface area contributed by atoms with E-state index in [4.69, 9.17) is 0 Å². The molecule has 0 aromatic carbocycles. The van der Waals surface area contributed by atoms with Crippen molar-refractivity contribution in [3.05, 3.63) is 0 Å². The number of sulfonamides is 1. The number of hydrogen-bond acceptors (Lipinski definition) is 3. The van der Waals surface area contributed by atoms with E-state index in [0.29, 0.717) is 12.6 Å². The van der Waals surface area contributed by atoms with Crippen LogP contribution < -0.4 is 10.0 Å². The SMILES string of the molecule is CCCCNS(=O)(=O)CCCCNC(C)C. The summed E-state index contributed by atoms with van der Waals surface area (Å²) in [5.41, 5.74) is 0. The summed E-state index contributed by atoms with van der Waals surface area (Å²) in [7, 11) is -3.03. The molecule has 16 heavy (non-hydrogen) atoms. The van der Waals surface area contributed by atoms with E-state index in [0.717, 1.165) is 32.2 Å². The molecule has 0 aliphatic rings. The van der Waals surface area contributed by atoms with E-state index in [1.807, 2.05) is 6.92 Å². The first kappa shape index (κ1) is 15.9. The van der Waals surface area contributed by atoms with Crippen molar-refractivity contribution >= 4 is 10.0 Å². The van der Waals surface area contributed by atoms with Crippen molar-refractivity contribution in [3.8, 4) is 0 Å². The molecule has 0 heterocycles. The quantitative estimate of drug-likeness (QED) is 0.577. The molecule has 0 aliphatic carbocycles. The minimum Gasteiger partial charge on any atom is -0.315 e. The van der Waals surface area contributed by atoms with Crippen LogP contribution in [-0.4, -0.2) is 33.3 Å². The molecular formula is C11H26N2O2S. The molecular weight excluding hydrogens is 224 g/mol. The van der Waals surface area contributed by atoms with Gasteiger partial charge in [-0.2, -0.15) is 0 Å². The normalized spacial score (nSPS) is 12.2. The van der Waals surface area contributed by atoms with Gasteiger partial charge in [0.05, 0.1) is 5.75 Å². The van der Waals surface area contributed by atoms with Gasteiger partial charge in [0.15, 0.2) is 0 Å². The molecule has 4 nitrogen and oxygen atoms in total. The molecule has 2 N–H and O–H groups in total. The summed E-state index contributed by atoms with van der Waals surface area (Å²) in [5, 5.41) is 3.27. The summed E-state index contributed by atoms with van der Waals surface area (Å²) in [5.74, 6) is 0.247. The molecule has 98 valence electrons. The Balaban J connectivity index is 3.51. The molecule has 0 bridgehead atoms. The molecule has 0 atom stereocenters. The van der Waals surface area contributed by atoms with Gasteiger partial charge in [0, 0.05) is 12.6 Å². The van der Waals surface area contributed by atoms with E-state index in [1.54, 1.807) is 0 Å². The van der Waals surface area contributed by atoms with Crippen molar-refractivity contribution in [3.63, 3.8) is 0 Å². The molecule has 0 aromatic heterocycles. The van der Waals surface area contributed by atoms with Crippen LogP contribution in [0.3, 0.4) is 0 Å². The van der Waals surface area contributed by atoms with Gasteiger partial charge in [-0.15, -0.1) is 0 Å². The molecule has 0 radical (unpaired) electrons. The van der Waals surface area contributed by atoms with Crippen LogP contribution in [0.1, 0.15) is 46.5 Å². The van der Waals surface area contributed by atoms with E-state index >= 15 is 0 Å². The Morgan fingerprint density at radius 1 is 1.06 bits per heavy atom. The topological polar surface area (TPSA) is 58.2 Å². The Hall–Kier alpha value is -0.130. The van der Waals surface area contributed by atoms with E-state index < -0.39 is 10.0 Å². The average Bonchev–Trinajstić information content (AvgIpc) is 2.16. The first-order valence-electron chi connectivity index (χ1n) is 6.18. The van der Waals surface area contributed by atoms with E-state index in [-0.39, 0.29) is 5.75 Å². The largest absolute Gasteiger partial charge is 0.315 e. The van der Waals surface area contributed by atoms with Crippen LogP contribution in [0, 0.1) is 0 Å². The molecule has 0 unspecified atom stereocenters. The highest BCUT2D eigenvalue weighted by Crippen LogP contribution is 1.95. The summed E-state index contributed by atoms with van der Waals surface area (Å²) in [4.78, 5) is 0. The van der Waals surface area contributed by atoms with E-state index in [9.17, 15) is 8.42 Å². The zero-order chi connectivity index (χ0) is 12.4. The highest BCUT2D eigenvalue weighted by Gasteiger charge is 2.08. The lowest BCUT2D eigenvalue weighted by molar-refractivity contribution is 0.554. The Morgan fingerprint density at radius 3 is 2.31 bits per heavy atom. The maximum atomic E-state index is 11.5. The third kappa shape index (κ3) is 10.4. The van der Waals surface area contributed by atoms with Crippen LogP contribution in [-0.2, 0) is 10.0 Å². The van der Waals surface area contributed by atoms with Gasteiger partial charge in [0.1, 0.15) is 0 Å². The predicted octanol–water partition coefficient (Wildman–Crippen LogP) is 1.48. The van der Waals surface area contributed by atoms with Gasteiger partial charge in [-0.25, -0.2) is 13.1 Å². The number of unbranched alkanes of at least 4 members (excludes halogenated alkanes) is 2. The third-order valence-electron chi connectivity index (χ3n) is 2.24. The second-order valence-corrected chi connectivity index (χ2v) is 6.31. The predicted molar refractivity (Wildman–Crippen MR) is 69.1 cm³/mol. The lowest BCUT2D eigenvalue weighted by Gasteiger charge is -2.08. The first-order valence-corrected chi connectivity index (χ1v) is 7.84. The van der Waals surface area contributed by atoms with Gasteiger partial charge < -0.3 is 5.32 Å². The monoisotopic (exact) mass is 250 g/mol. The van der Waals surface area contributed by atoms with Crippen molar-refractivity contribution in [1.29, 1.82) is 0 Å². The Bertz CT molecular complexity index is 251. The van der Waals surface area contributed by atoms with Gasteiger partial charge in [0.25, 0.3) is 0 Å². The summed E-state index contributed by atoms with van der Waals surface area (Å²) in [6.45, 7) is 7.68. The highest BCUT2D eigenvalue weighted by molar-refractivity contribution is 7.89. The minimum absolute atomic E-state index is 0.247. The molecule has 0 saturated heterocycles. The summed E-state index contributed by atoms with van der Waals surface area (Å²) in [6, 6.07) is 0.472. The smallest absolute Gasteiger partial charge is 0.211 e. The van der Waals surface area contributed by atoms with E-state index in [2.05, 4.69) is 23.9 Å². The maximum absolute atomic E-state index is 11.5. The molecule has 0 rings (SSSR count). The summed E-state index contributed by atoms with van der Waals surface area (Å²) in [6.07, 6.45) is 3.56. The molecule has 0 aliphatic heterocycles. The standard InChI is InChI=1S/C11H26N2O2S/c1-4-5-9-13-16(14,15)10-7-6-8-12-11(2)3/h11-13H,4-10H2,1-3H3. The van der Waals surface area contributed by atoms with Crippen LogP contribution in [0.4, 0.5) is 0 Å². The van der Waals surface area contributed by atoms with Crippen molar-refractivity contribution < 1.29 is 8.42 Å². The van der Waals surface area contributed by atoms with Crippen LogP contribution in [0.15, 0.2) is 0 Å². The second kappa shape index (κ2) is 8.96. The molecule has 0 aromatic rings. The Morgan fingerprint density at radius 2 is 1.75 bits per heavy atom. The van der Waals surface area contributed by atoms with Crippen molar-refractivity contribution in [2.75, 3.05) is 18.8 Å². The lowest BCUT2D eigenvalue weighted by atomic mass is 10.3. The summed E-state index contributed by atoms with van der Waals surface area (Å²) < 4.78 is 25.6. The van der Waals surface area contributed by atoms with Crippen molar-refractivity contribution in [2.45, 2.75) is 52.5 Å². The highest BCUT2D eigenvalue weighted by atomic mass is 32.2. The van der Waals surface area contributed by atoms with Crippen LogP contribution in [0.25, 0.3) is 0 Å². The molecule has 0 saturated carbocycles. The molecule has 0 spiro atoms. The second-order valence-electron chi connectivity index (χ2n) is 4.38. The van der Waals surface area contributed by atoms with Crippen LogP contribution >= 0.6 is 0 Å². The number of rotatable bonds is 10. The fourth-order valence-electron chi connectivity index (χ4n) is 1.28. The average molecular weight is 250 g/mol. The van der Waals surface area contributed by atoms with Crippen LogP contribution in [0.2, 0.25) is 0 Å². The molecule has 5 heteroatoms. The minimum atomic E-state index is -3.03. The van der Waals surface area contributed by atoms with Gasteiger partial charge in [-0.05, 0) is 25.8 Å². The van der Waals surface area contributed by atoms with Crippen molar-refractivity contribution in [1.82, 2.24) is 10.0 Å². The lowest BCUT2D eigenvalue weighted by Crippen LogP contribution is -2.28. The van der Waals surface area contributed by atoms with Crippen molar-refractivity contribution in [2.24, 2.45) is 0 Å². The van der Waals surface area contributed by atoms with Gasteiger partial charge in [-0.1, -0.05) is 27.2 Å². The molecule has 0 amide bonds. The van der Waals surface area contributed by atoms with Gasteiger partial charge >= 0.3 is 0 Å². The molecule has 0 fully saturated rings. The van der Waals surface area contributed by atoms with Crippen LogP contribution in [0.5, 0.6) is 0 Å². The maximum Gasteiger partial charge on any atom is 0.211 e. The number of nitrogens with one attached hydrogen (secondary N) is 2. The van der Waals surface area contributed by atoms with Gasteiger partial charge in [0.2, 0.25) is 10.0 Å². The summed E-state index contributed by atoms with van der Waals surface area (Å²) >= 11 is 0. The first-order chi connectivity index (χ1) is 7.48. The third-order valence-corrected chi connectivity index (χ3v) is 3.71. The van der Waals surface area contributed by atoms with E-state index in [1.165, 1.54) is 0 Å². The number of hydrogen-bond donors (Lipinski definition) is 2. The fraction of sp³-hybridized carbons (Fsp3) is 1.00. The zero-order valence-electron chi connectivity index (χ0n) is 10.8. The zero-order valence-corrected chi connectivity index (χ0v) is 11.6. The fourth-order valence-corrected chi connectivity index (χ4v) is 2.47. The Kier molecular flexibility index (Phi) is 8.89. The van der Waals surface area contributed by atoms with Gasteiger partial charge in [-0.3, -0.25) is 0 Å².